The summed E-state index contributed by atoms with van der Waals surface area (Å²) in [5, 5.41) is 2.89. The maximum Gasteiger partial charge on any atom is 0.224 e. The minimum atomic E-state index is 0.0884. The van der Waals surface area contributed by atoms with Gasteiger partial charge >= 0.3 is 0 Å². The molecule has 3 unspecified atom stereocenters. The second-order valence-electron chi connectivity index (χ2n) is 5.65. The van der Waals surface area contributed by atoms with Crippen molar-refractivity contribution in [2.75, 3.05) is 11.1 Å². The van der Waals surface area contributed by atoms with Crippen molar-refractivity contribution in [3.8, 4) is 0 Å². The molecule has 3 atom stereocenters. The number of nitrogens with zero attached hydrogens (tertiary/aromatic N) is 1. The molecule has 2 fully saturated rings. The SMILES string of the molecule is Nc1cnccc1NC(=O)CC1CC2CCC1C2. The zero-order valence-electron chi connectivity index (χ0n) is 10.4. The summed E-state index contributed by atoms with van der Waals surface area (Å²) in [7, 11) is 0. The van der Waals surface area contributed by atoms with Gasteiger partial charge in [0.1, 0.15) is 0 Å². The Morgan fingerprint density at radius 1 is 1.44 bits per heavy atom. The number of nitrogens with two attached hydrogens (primary N) is 1. The van der Waals surface area contributed by atoms with E-state index >= 15 is 0 Å². The average Bonchev–Trinajstić information content (AvgIpc) is 2.94. The second kappa shape index (κ2) is 4.59. The van der Waals surface area contributed by atoms with E-state index in [-0.39, 0.29) is 5.91 Å². The van der Waals surface area contributed by atoms with E-state index in [1.54, 1.807) is 18.5 Å². The third-order valence-electron chi connectivity index (χ3n) is 4.46. The number of aromatic nitrogens is 1. The highest BCUT2D eigenvalue weighted by Gasteiger charge is 2.40. The minimum Gasteiger partial charge on any atom is -0.396 e. The van der Waals surface area contributed by atoms with Gasteiger partial charge in [-0.3, -0.25) is 9.78 Å². The summed E-state index contributed by atoms with van der Waals surface area (Å²) in [5.74, 6) is 2.35. The zero-order chi connectivity index (χ0) is 12.5. The number of hydrogen-bond acceptors (Lipinski definition) is 3. The lowest BCUT2D eigenvalue weighted by Crippen LogP contribution is -2.20. The van der Waals surface area contributed by atoms with Gasteiger partial charge in [-0.15, -0.1) is 0 Å². The van der Waals surface area contributed by atoms with Crippen LogP contribution in [-0.2, 0) is 4.79 Å². The van der Waals surface area contributed by atoms with E-state index in [4.69, 9.17) is 5.73 Å². The van der Waals surface area contributed by atoms with Gasteiger partial charge in [0.05, 0.1) is 17.6 Å². The highest BCUT2D eigenvalue weighted by Crippen LogP contribution is 2.49. The van der Waals surface area contributed by atoms with Crippen LogP contribution < -0.4 is 11.1 Å². The predicted octanol–water partition coefficient (Wildman–Crippen LogP) is 2.43. The van der Waals surface area contributed by atoms with E-state index in [0.29, 0.717) is 23.7 Å². The van der Waals surface area contributed by atoms with E-state index in [1.807, 2.05) is 0 Å². The fraction of sp³-hybridized carbons (Fsp3) is 0.571. The molecule has 1 aromatic rings. The van der Waals surface area contributed by atoms with Gasteiger partial charge in [0.25, 0.3) is 0 Å². The molecular weight excluding hydrogens is 226 g/mol. The van der Waals surface area contributed by atoms with Gasteiger partial charge in [0.2, 0.25) is 5.91 Å². The summed E-state index contributed by atoms with van der Waals surface area (Å²) in [6.45, 7) is 0. The van der Waals surface area contributed by atoms with Crippen LogP contribution in [0, 0.1) is 17.8 Å². The van der Waals surface area contributed by atoms with Gasteiger partial charge in [-0.25, -0.2) is 0 Å². The Balaban J connectivity index is 1.58. The van der Waals surface area contributed by atoms with Gasteiger partial charge in [0, 0.05) is 12.6 Å². The minimum absolute atomic E-state index is 0.0884. The fourth-order valence-electron chi connectivity index (χ4n) is 3.59. The molecule has 4 nitrogen and oxygen atoms in total. The first-order valence-electron chi connectivity index (χ1n) is 6.71. The molecule has 4 heteroatoms. The zero-order valence-corrected chi connectivity index (χ0v) is 10.4. The van der Waals surface area contributed by atoms with Gasteiger partial charge in [-0.1, -0.05) is 6.42 Å². The molecule has 1 heterocycles. The standard InChI is InChI=1S/C14H19N3O/c15-12-8-16-4-3-13(12)17-14(18)7-11-6-9-1-2-10(11)5-9/h3-4,8-11H,1-2,5-7,15H2,(H,16,17,18). The van der Waals surface area contributed by atoms with E-state index in [1.165, 1.54) is 25.7 Å². The van der Waals surface area contributed by atoms with Crippen LogP contribution in [0.15, 0.2) is 18.5 Å². The Labute approximate surface area is 107 Å². The smallest absolute Gasteiger partial charge is 0.224 e. The number of carbonyl (C=O) groups excluding carboxylic acids is 1. The summed E-state index contributed by atoms with van der Waals surface area (Å²) >= 11 is 0. The average molecular weight is 245 g/mol. The molecule has 2 aliphatic carbocycles. The second-order valence-corrected chi connectivity index (χ2v) is 5.65. The summed E-state index contributed by atoms with van der Waals surface area (Å²) in [5.41, 5.74) is 6.97. The molecule has 0 saturated heterocycles. The molecule has 3 rings (SSSR count). The number of nitrogen functional groups attached to an aromatic ring is 1. The van der Waals surface area contributed by atoms with Crippen molar-refractivity contribution < 1.29 is 4.79 Å². The first kappa shape index (κ1) is 11.5. The van der Waals surface area contributed by atoms with Crippen molar-refractivity contribution in [2.45, 2.75) is 32.1 Å². The van der Waals surface area contributed by atoms with Crippen LogP contribution in [0.4, 0.5) is 11.4 Å². The Morgan fingerprint density at radius 3 is 3.00 bits per heavy atom. The third kappa shape index (κ3) is 2.19. The first-order chi connectivity index (χ1) is 8.72. The predicted molar refractivity (Wildman–Crippen MR) is 70.8 cm³/mol. The van der Waals surface area contributed by atoms with Crippen molar-refractivity contribution >= 4 is 17.3 Å². The quantitative estimate of drug-likeness (QED) is 0.859. The molecule has 2 bridgehead atoms. The molecule has 18 heavy (non-hydrogen) atoms. The number of nitrogens with one attached hydrogen (secondary N) is 1. The van der Waals surface area contributed by atoms with Crippen LogP contribution >= 0.6 is 0 Å². The lowest BCUT2D eigenvalue weighted by molar-refractivity contribution is -0.117. The lowest BCUT2D eigenvalue weighted by Gasteiger charge is -2.21. The highest BCUT2D eigenvalue weighted by molar-refractivity contribution is 5.93. The number of carbonyl (C=O) groups is 1. The molecule has 2 saturated carbocycles. The summed E-state index contributed by atoms with van der Waals surface area (Å²) in [6.07, 6.45) is 9.12. The van der Waals surface area contributed by atoms with E-state index in [2.05, 4.69) is 10.3 Å². The molecule has 96 valence electrons. The normalized spacial score (nSPS) is 29.4. The summed E-state index contributed by atoms with van der Waals surface area (Å²) in [6, 6.07) is 1.74. The van der Waals surface area contributed by atoms with Crippen molar-refractivity contribution in [3.05, 3.63) is 18.5 Å². The third-order valence-corrected chi connectivity index (χ3v) is 4.46. The van der Waals surface area contributed by atoms with Crippen molar-refractivity contribution in [1.29, 1.82) is 0 Å². The molecule has 2 aliphatic rings. The van der Waals surface area contributed by atoms with Crippen LogP contribution in [0.3, 0.4) is 0 Å². The van der Waals surface area contributed by atoms with E-state index in [0.717, 1.165) is 11.8 Å². The van der Waals surface area contributed by atoms with Crippen molar-refractivity contribution in [3.63, 3.8) is 0 Å². The van der Waals surface area contributed by atoms with E-state index in [9.17, 15) is 4.79 Å². The number of fused-ring (bicyclic) bond motifs is 2. The first-order valence-corrected chi connectivity index (χ1v) is 6.71. The summed E-state index contributed by atoms with van der Waals surface area (Å²) < 4.78 is 0. The van der Waals surface area contributed by atoms with E-state index < -0.39 is 0 Å². The molecule has 3 N–H and O–H groups in total. The Kier molecular flexibility index (Phi) is 2.94. The molecule has 0 spiro atoms. The molecule has 0 radical (unpaired) electrons. The lowest BCUT2D eigenvalue weighted by atomic mass is 9.86. The van der Waals surface area contributed by atoms with Gasteiger partial charge in [-0.2, -0.15) is 0 Å². The summed E-state index contributed by atoms with van der Waals surface area (Å²) in [4.78, 5) is 15.9. The maximum atomic E-state index is 12.0. The van der Waals surface area contributed by atoms with Crippen molar-refractivity contribution in [2.24, 2.45) is 17.8 Å². The van der Waals surface area contributed by atoms with Gasteiger partial charge < -0.3 is 11.1 Å². The Bertz CT molecular complexity index is 460. The monoisotopic (exact) mass is 245 g/mol. The molecule has 0 aromatic carbocycles. The molecule has 1 aromatic heterocycles. The van der Waals surface area contributed by atoms with Crippen LogP contribution in [0.1, 0.15) is 32.1 Å². The number of hydrogen-bond donors (Lipinski definition) is 2. The molecule has 0 aliphatic heterocycles. The number of anilines is 2. The maximum absolute atomic E-state index is 12.0. The molecular formula is C14H19N3O. The largest absolute Gasteiger partial charge is 0.396 e. The Morgan fingerprint density at radius 2 is 2.33 bits per heavy atom. The van der Waals surface area contributed by atoms with Gasteiger partial charge in [-0.05, 0) is 43.1 Å². The number of amides is 1. The van der Waals surface area contributed by atoms with Crippen LogP contribution in [0.5, 0.6) is 0 Å². The Hall–Kier alpha value is -1.58. The topological polar surface area (TPSA) is 68.0 Å². The van der Waals surface area contributed by atoms with Crippen LogP contribution in [-0.4, -0.2) is 10.9 Å². The fourth-order valence-corrected chi connectivity index (χ4v) is 3.59. The number of rotatable bonds is 3. The molecule has 1 amide bonds. The van der Waals surface area contributed by atoms with Crippen LogP contribution in [0.25, 0.3) is 0 Å². The van der Waals surface area contributed by atoms with Crippen molar-refractivity contribution in [1.82, 2.24) is 4.98 Å². The van der Waals surface area contributed by atoms with Crippen LogP contribution in [0.2, 0.25) is 0 Å². The number of pyridine rings is 1. The highest BCUT2D eigenvalue weighted by atomic mass is 16.1. The van der Waals surface area contributed by atoms with Gasteiger partial charge in [0.15, 0.2) is 0 Å².